The van der Waals surface area contributed by atoms with Gasteiger partial charge in [0.15, 0.2) is 0 Å². The van der Waals surface area contributed by atoms with E-state index in [9.17, 15) is 8.78 Å². The number of benzene rings is 2. The van der Waals surface area contributed by atoms with Gasteiger partial charge in [0.2, 0.25) is 0 Å². The highest BCUT2D eigenvalue weighted by atomic mass is 19.1. The fourth-order valence-corrected chi connectivity index (χ4v) is 2.25. The number of anilines is 1. The Morgan fingerprint density at radius 2 is 1.71 bits per heavy atom. The minimum atomic E-state index is -0.429. The van der Waals surface area contributed by atoms with Gasteiger partial charge in [0.1, 0.15) is 11.6 Å². The van der Waals surface area contributed by atoms with Crippen LogP contribution in [-0.2, 0) is 6.54 Å². The van der Waals surface area contributed by atoms with Gasteiger partial charge in [-0.2, -0.15) is 0 Å². The first kappa shape index (κ1) is 15.4. The summed E-state index contributed by atoms with van der Waals surface area (Å²) in [5.41, 5.74) is 2.41. The number of rotatable bonds is 5. The highest BCUT2D eigenvalue weighted by Crippen LogP contribution is 2.23. The lowest BCUT2D eigenvalue weighted by molar-refractivity contribution is 0.402. The van der Waals surface area contributed by atoms with E-state index in [0.29, 0.717) is 5.56 Å². The lowest BCUT2D eigenvalue weighted by Gasteiger charge is -2.17. The second-order valence-corrected chi connectivity index (χ2v) is 5.47. The summed E-state index contributed by atoms with van der Waals surface area (Å²) in [7, 11) is 4.03. The molecular weight excluding hydrogens is 270 g/mol. The number of nitrogens with zero attached hydrogens (tertiary/aromatic N) is 1. The van der Waals surface area contributed by atoms with Crippen molar-refractivity contribution in [3.8, 4) is 0 Å². The fraction of sp³-hybridized carbons (Fsp3) is 0.294. The molecule has 0 radical (unpaired) electrons. The molecule has 0 aromatic heterocycles. The van der Waals surface area contributed by atoms with E-state index in [-0.39, 0.29) is 6.04 Å². The lowest BCUT2D eigenvalue weighted by Crippen LogP contribution is -2.11. The maximum absolute atomic E-state index is 13.7. The van der Waals surface area contributed by atoms with Crippen LogP contribution in [0.15, 0.2) is 42.5 Å². The molecule has 1 N–H and O–H groups in total. The van der Waals surface area contributed by atoms with E-state index in [4.69, 9.17) is 0 Å². The molecule has 1 atom stereocenters. The molecule has 0 fully saturated rings. The molecule has 4 heteroatoms. The van der Waals surface area contributed by atoms with Crippen LogP contribution >= 0.6 is 0 Å². The van der Waals surface area contributed by atoms with Gasteiger partial charge in [-0.3, -0.25) is 0 Å². The third-order valence-electron chi connectivity index (χ3n) is 3.26. The quantitative estimate of drug-likeness (QED) is 0.888. The zero-order valence-corrected chi connectivity index (χ0v) is 12.5. The Balaban J connectivity index is 2.08. The summed E-state index contributed by atoms with van der Waals surface area (Å²) in [6.45, 7) is 2.68. The predicted molar refractivity (Wildman–Crippen MR) is 82.2 cm³/mol. The molecule has 112 valence electrons. The summed E-state index contributed by atoms with van der Waals surface area (Å²) in [6, 6.07) is 11.2. The van der Waals surface area contributed by atoms with Crippen LogP contribution in [0.25, 0.3) is 0 Å². The van der Waals surface area contributed by atoms with Gasteiger partial charge in [0.25, 0.3) is 0 Å². The molecular formula is C17H20F2N2. The third-order valence-corrected chi connectivity index (χ3v) is 3.26. The van der Waals surface area contributed by atoms with E-state index < -0.39 is 11.6 Å². The topological polar surface area (TPSA) is 15.3 Å². The molecule has 21 heavy (non-hydrogen) atoms. The van der Waals surface area contributed by atoms with Crippen LogP contribution < -0.4 is 5.32 Å². The Hall–Kier alpha value is -1.94. The average Bonchev–Trinajstić information content (AvgIpc) is 2.43. The molecule has 0 heterocycles. The van der Waals surface area contributed by atoms with Crippen molar-refractivity contribution < 1.29 is 8.78 Å². The van der Waals surface area contributed by atoms with E-state index in [2.05, 4.69) is 10.2 Å². The summed E-state index contributed by atoms with van der Waals surface area (Å²) < 4.78 is 26.9. The molecule has 2 aromatic rings. The van der Waals surface area contributed by atoms with Gasteiger partial charge in [-0.1, -0.05) is 12.1 Å². The van der Waals surface area contributed by atoms with Crippen LogP contribution in [0.2, 0.25) is 0 Å². The molecule has 1 unspecified atom stereocenters. The Labute approximate surface area is 124 Å². The summed E-state index contributed by atoms with van der Waals surface area (Å²) in [4.78, 5) is 2.09. The molecule has 0 aliphatic carbocycles. The van der Waals surface area contributed by atoms with E-state index in [1.54, 1.807) is 0 Å². The first-order valence-corrected chi connectivity index (χ1v) is 6.91. The second-order valence-electron chi connectivity index (χ2n) is 5.47. The number of hydrogen-bond donors (Lipinski definition) is 1. The summed E-state index contributed by atoms with van der Waals surface area (Å²) in [5, 5.41) is 3.19. The molecule has 0 aliphatic heterocycles. The minimum absolute atomic E-state index is 0.305. The van der Waals surface area contributed by atoms with Gasteiger partial charge in [-0.15, -0.1) is 0 Å². The molecule has 0 spiro atoms. The molecule has 0 saturated heterocycles. The minimum Gasteiger partial charge on any atom is -0.378 e. The monoisotopic (exact) mass is 290 g/mol. The molecule has 0 saturated carbocycles. The second kappa shape index (κ2) is 6.68. The van der Waals surface area contributed by atoms with Crippen LogP contribution in [0.1, 0.15) is 24.1 Å². The zero-order chi connectivity index (χ0) is 15.4. The van der Waals surface area contributed by atoms with Crippen molar-refractivity contribution in [1.82, 2.24) is 4.90 Å². The largest absolute Gasteiger partial charge is 0.378 e. The van der Waals surface area contributed by atoms with Gasteiger partial charge >= 0.3 is 0 Å². The molecule has 0 aliphatic rings. The third kappa shape index (κ3) is 4.26. The van der Waals surface area contributed by atoms with Gasteiger partial charge < -0.3 is 10.2 Å². The van der Waals surface area contributed by atoms with Crippen molar-refractivity contribution in [2.24, 2.45) is 0 Å². The van der Waals surface area contributed by atoms with Gasteiger partial charge in [-0.05, 0) is 56.9 Å². The van der Waals surface area contributed by atoms with Crippen LogP contribution in [0.5, 0.6) is 0 Å². The highest BCUT2D eigenvalue weighted by Gasteiger charge is 2.12. The Kier molecular flexibility index (Phi) is 4.91. The first-order chi connectivity index (χ1) is 9.95. The van der Waals surface area contributed by atoms with Crippen molar-refractivity contribution in [1.29, 1.82) is 0 Å². The predicted octanol–water partition coefficient (Wildman–Crippen LogP) is 4.20. The van der Waals surface area contributed by atoms with Crippen molar-refractivity contribution >= 4 is 5.69 Å². The lowest BCUT2D eigenvalue weighted by atomic mass is 10.1. The Bertz CT molecular complexity index is 594. The van der Waals surface area contributed by atoms with Crippen molar-refractivity contribution in [3.05, 3.63) is 65.2 Å². The maximum Gasteiger partial charge on any atom is 0.128 e. The van der Waals surface area contributed by atoms with Gasteiger partial charge in [0.05, 0.1) is 6.04 Å². The molecule has 0 bridgehead atoms. The normalized spacial score (nSPS) is 12.5. The molecule has 2 rings (SSSR count). The van der Waals surface area contributed by atoms with Crippen molar-refractivity contribution in [3.63, 3.8) is 0 Å². The van der Waals surface area contributed by atoms with Crippen LogP contribution in [0.3, 0.4) is 0 Å². The Morgan fingerprint density at radius 3 is 2.33 bits per heavy atom. The van der Waals surface area contributed by atoms with Gasteiger partial charge in [-0.25, -0.2) is 8.78 Å². The summed E-state index contributed by atoms with van der Waals surface area (Å²) >= 11 is 0. The standard InChI is InChI=1S/C17H20F2N2/c1-12(16-10-14(18)6-9-17(16)19)20-15-7-4-13(5-8-15)11-21(2)3/h4-10,12,20H,11H2,1-3H3. The summed E-state index contributed by atoms with van der Waals surface area (Å²) in [6.07, 6.45) is 0. The number of hydrogen-bond acceptors (Lipinski definition) is 2. The molecule has 0 amide bonds. The number of halogens is 2. The van der Waals surface area contributed by atoms with Gasteiger partial charge in [0, 0.05) is 17.8 Å². The van der Waals surface area contributed by atoms with Crippen molar-refractivity contribution in [2.75, 3.05) is 19.4 Å². The molecule has 2 nitrogen and oxygen atoms in total. The van der Waals surface area contributed by atoms with E-state index in [1.807, 2.05) is 45.3 Å². The van der Waals surface area contributed by atoms with Crippen LogP contribution in [-0.4, -0.2) is 19.0 Å². The van der Waals surface area contributed by atoms with Crippen LogP contribution in [0, 0.1) is 11.6 Å². The number of nitrogens with one attached hydrogen (secondary N) is 1. The van der Waals surface area contributed by atoms with Crippen molar-refractivity contribution in [2.45, 2.75) is 19.5 Å². The zero-order valence-electron chi connectivity index (χ0n) is 12.5. The van der Waals surface area contributed by atoms with Crippen LogP contribution in [0.4, 0.5) is 14.5 Å². The van der Waals surface area contributed by atoms with E-state index in [0.717, 1.165) is 24.4 Å². The highest BCUT2D eigenvalue weighted by molar-refractivity contribution is 5.46. The fourth-order valence-electron chi connectivity index (χ4n) is 2.25. The Morgan fingerprint density at radius 1 is 1.05 bits per heavy atom. The van der Waals surface area contributed by atoms with E-state index in [1.165, 1.54) is 11.6 Å². The van der Waals surface area contributed by atoms with E-state index >= 15 is 0 Å². The molecule has 2 aromatic carbocycles. The average molecular weight is 290 g/mol. The smallest absolute Gasteiger partial charge is 0.128 e. The first-order valence-electron chi connectivity index (χ1n) is 6.91. The summed E-state index contributed by atoms with van der Waals surface area (Å²) in [5.74, 6) is -0.831. The SMILES string of the molecule is CC(Nc1ccc(CN(C)C)cc1)c1cc(F)ccc1F. The maximum atomic E-state index is 13.7.